The number of hydrogen-bond donors (Lipinski definition) is 2. The molecule has 2 rings (SSSR count). The summed E-state index contributed by atoms with van der Waals surface area (Å²) in [6.07, 6.45) is 2.21. The van der Waals surface area contributed by atoms with Gasteiger partial charge in [0.2, 0.25) is 5.91 Å². The van der Waals surface area contributed by atoms with Crippen LogP contribution in [-0.4, -0.2) is 22.4 Å². The van der Waals surface area contributed by atoms with Crippen molar-refractivity contribution in [1.82, 2.24) is 5.32 Å². The van der Waals surface area contributed by atoms with E-state index in [0.29, 0.717) is 5.88 Å². The van der Waals surface area contributed by atoms with Crippen LogP contribution in [0, 0.1) is 0 Å². The quantitative estimate of drug-likeness (QED) is 0.788. The van der Waals surface area contributed by atoms with Gasteiger partial charge in [-0.05, 0) is 30.5 Å². The van der Waals surface area contributed by atoms with Crippen molar-refractivity contribution in [1.29, 1.82) is 0 Å². The smallest absolute Gasteiger partial charge is 0.224 e. The monoisotopic (exact) mass is 239 g/mol. The number of rotatable bonds is 4. The van der Waals surface area contributed by atoms with Crippen LogP contribution in [0.2, 0.25) is 0 Å². The van der Waals surface area contributed by atoms with Crippen molar-refractivity contribution in [3.63, 3.8) is 0 Å². The summed E-state index contributed by atoms with van der Waals surface area (Å²) >= 11 is 5.77. The number of aromatic hydroxyl groups is 1. The molecule has 1 aromatic carbocycles. The summed E-state index contributed by atoms with van der Waals surface area (Å²) in [7, 11) is 0. The first-order valence-electron chi connectivity index (χ1n) is 5.28. The second-order valence-electron chi connectivity index (χ2n) is 4.31. The maximum absolute atomic E-state index is 11.7. The molecule has 1 saturated carbocycles. The first-order valence-corrected chi connectivity index (χ1v) is 5.82. The van der Waals surface area contributed by atoms with Crippen molar-refractivity contribution in [3.05, 3.63) is 29.8 Å². The van der Waals surface area contributed by atoms with E-state index >= 15 is 0 Å². The highest BCUT2D eigenvalue weighted by Crippen LogP contribution is 2.36. The third-order valence-electron chi connectivity index (χ3n) is 2.79. The van der Waals surface area contributed by atoms with Gasteiger partial charge in [0.15, 0.2) is 0 Å². The van der Waals surface area contributed by atoms with E-state index < -0.39 is 0 Å². The van der Waals surface area contributed by atoms with Crippen LogP contribution in [0.5, 0.6) is 5.75 Å². The van der Waals surface area contributed by atoms with Gasteiger partial charge in [0.05, 0.1) is 12.0 Å². The zero-order valence-electron chi connectivity index (χ0n) is 8.87. The van der Waals surface area contributed by atoms with Gasteiger partial charge in [-0.1, -0.05) is 12.1 Å². The lowest BCUT2D eigenvalue weighted by atomic mass is 10.1. The van der Waals surface area contributed by atoms with Crippen molar-refractivity contribution in [2.45, 2.75) is 24.8 Å². The molecule has 16 heavy (non-hydrogen) atoms. The summed E-state index contributed by atoms with van der Waals surface area (Å²) in [5.74, 6) is 0.617. The largest absolute Gasteiger partial charge is 0.508 e. The lowest BCUT2D eigenvalue weighted by Crippen LogP contribution is -2.39. The average Bonchev–Trinajstić information content (AvgIpc) is 2.98. The Bertz CT molecular complexity index is 402. The Balaban J connectivity index is 1.92. The lowest BCUT2D eigenvalue weighted by molar-refractivity contribution is -0.121. The van der Waals surface area contributed by atoms with Crippen molar-refractivity contribution in [3.8, 4) is 5.75 Å². The van der Waals surface area contributed by atoms with Crippen LogP contribution in [0.1, 0.15) is 18.4 Å². The predicted octanol–water partition coefficient (Wildman–Crippen LogP) is 1.82. The van der Waals surface area contributed by atoms with Crippen LogP contribution in [-0.2, 0) is 11.2 Å². The molecule has 3 nitrogen and oxygen atoms in total. The molecular formula is C12H14ClNO2. The fourth-order valence-electron chi connectivity index (χ4n) is 1.63. The first-order chi connectivity index (χ1) is 7.63. The third-order valence-corrected chi connectivity index (χ3v) is 3.30. The number of halogens is 1. The van der Waals surface area contributed by atoms with Gasteiger partial charge < -0.3 is 10.4 Å². The maximum atomic E-state index is 11.7. The maximum Gasteiger partial charge on any atom is 0.224 e. The van der Waals surface area contributed by atoms with Gasteiger partial charge in [0.25, 0.3) is 0 Å². The van der Waals surface area contributed by atoms with Crippen LogP contribution in [0.25, 0.3) is 0 Å². The van der Waals surface area contributed by atoms with Gasteiger partial charge in [0, 0.05) is 5.88 Å². The van der Waals surface area contributed by atoms with Crippen LogP contribution in [0.4, 0.5) is 0 Å². The molecular weight excluding hydrogens is 226 g/mol. The Labute approximate surface area is 99.4 Å². The van der Waals surface area contributed by atoms with Gasteiger partial charge in [-0.15, -0.1) is 11.6 Å². The summed E-state index contributed by atoms with van der Waals surface area (Å²) in [4.78, 5) is 11.7. The predicted molar refractivity (Wildman–Crippen MR) is 62.6 cm³/mol. The minimum Gasteiger partial charge on any atom is -0.508 e. The molecule has 0 aromatic heterocycles. The number of benzene rings is 1. The van der Waals surface area contributed by atoms with E-state index in [1.165, 1.54) is 0 Å². The lowest BCUT2D eigenvalue weighted by Gasteiger charge is -2.13. The van der Waals surface area contributed by atoms with E-state index in [1.54, 1.807) is 18.2 Å². The normalized spacial score (nSPS) is 16.8. The van der Waals surface area contributed by atoms with Crippen LogP contribution in [0.15, 0.2) is 24.3 Å². The molecule has 1 fully saturated rings. The van der Waals surface area contributed by atoms with E-state index in [-0.39, 0.29) is 23.6 Å². The Hall–Kier alpha value is -1.22. The molecule has 0 spiro atoms. The number of phenols is 1. The van der Waals surface area contributed by atoms with Crippen molar-refractivity contribution >= 4 is 17.5 Å². The van der Waals surface area contributed by atoms with E-state index in [2.05, 4.69) is 5.32 Å². The second kappa shape index (κ2) is 4.34. The van der Waals surface area contributed by atoms with Gasteiger partial charge in [-0.2, -0.15) is 0 Å². The molecule has 1 amide bonds. The number of hydrogen-bond acceptors (Lipinski definition) is 2. The Morgan fingerprint density at radius 3 is 2.81 bits per heavy atom. The standard InChI is InChI=1S/C12H14ClNO2/c13-8-12(4-5-12)14-11(16)7-9-2-1-3-10(15)6-9/h1-3,6,15H,4-5,7-8H2,(H,14,16). The number of carbonyl (C=O) groups excluding carboxylic acids is 1. The zero-order valence-corrected chi connectivity index (χ0v) is 9.63. The number of phenolic OH excluding ortho intramolecular Hbond substituents is 1. The van der Waals surface area contributed by atoms with E-state index in [9.17, 15) is 9.90 Å². The molecule has 0 heterocycles. The van der Waals surface area contributed by atoms with E-state index in [1.807, 2.05) is 6.07 Å². The van der Waals surface area contributed by atoms with Gasteiger partial charge in [-0.25, -0.2) is 0 Å². The number of alkyl halides is 1. The molecule has 4 heteroatoms. The summed E-state index contributed by atoms with van der Waals surface area (Å²) < 4.78 is 0. The van der Waals surface area contributed by atoms with Gasteiger partial charge in [-0.3, -0.25) is 4.79 Å². The highest BCUT2D eigenvalue weighted by atomic mass is 35.5. The van der Waals surface area contributed by atoms with Crippen molar-refractivity contribution in [2.24, 2.45) is 0 Å². The second-order valence-corrected chi connectivity index (χ2v) is 4.58. The Morgan fingerprint density at radius 1 is 1.50 bits per heavy atom. The average molecular weight is 240 g/mol. The molecule has 2 N–H and O–H groups in total. The molecule has 0 radical (unpaired) electrons. The number of amides is 1. The fourth-order valence-corrected chi connectivity index (χ4v) is 1.97. The highest BCUT2D eigenvalue weighted by molar-refractivity contribution is 6.19. The van der Waals surface area contributed by atoms with Gasteiger partial charge in [0.1, 0.15) is 5.75 Å². The molecule has 0 aliphatic heterocycles. The number of nitrogens with one attached hydrogen (secondary N) is 1. The molecule has 1 aliphatic carbocycles. The SMILES string of the molecule is O=C(Cc1cccc(O)c1)NC1(CCl)CC1. The number of carbonyl (C=O) groups is 1. The first kappa shape index (κ1) is 11.3. The molecule has 0 bridgehead atoms. The van der Waals surface area contributed by atoms with Crippen LogP contribution in [0.3, 0.4) is 0 Å². The van der Waals surface area contributed by atoms with Crippen molar-refractivity contribution < 1.29 is 9.90 Å². The Morgan fingerprint density at radius 2 is 2.25 bits per heavy atom. The van der Waals surface area contributed by atoms with E-state index in [0.717, 1.165) is 18.4 Å². The van der Waals surface area contributed by atoms with Crippen LogP contribution < -0.4 is 5.32 Å². The molecule has 1 aromatic rings. The third kappa shape index (κ3) is 2.67. The van der Waals surface area contributed by atoms with Gasteiger partial charge >= 0.3 is 0 Å². The minimum atomic E-state index is -0.157. The molecule has 0 unspecified atom stereocenters. The molecule has 0 saturated heterocycles. The molecule has 86 valence electrons. The summed E-state index contributed by atoms with van der Waals surface area (Å²) in [6, 6.07) is 6.73. The fraction of sp³-hybridized carbons (Fsp3) is 0.417. The van der Waals surface area contributed by atoms with Crippen LogP contribution >= 0.6 is 11.6 Å². The molecule has 1 aliphatic rings. The summed E-state index contributed by atoms with van der Waals surface area (Å²) in [6.45, 7) is 0. The summed E-state index contributed by atoms with van der Waals surface area (Å²) in [5, 5.41) is 12.2. The summed E-state index contributed by atoms with van der Waals surface area (Å²) in [5.41, 5.74) is 0.651. The van der Waals surface area contributed by atoms with Crippen molar-refractivity contribution in [2.75, 3.05) is 5.88 Å². The zero-order chi connectivity index (χ0) is 11.6. The Kier molecular flexibility index (Phi) is 3.06. The molecule has 0 atom stereocenters. The van der Waals surface area contributed by atoms with E-state index in [4.69, 9.17) is 11.6 Å². The minimum absolute atomic E-state index is 0.0382. The topological polar surface area (TPSA) is 49.3 Å². The highest BCUT2D eigenvalue weighted by Gasteiger charge is 2.42.